The van der Waals surface area contributed by atoms with Crippen LogP contribution in [0.3, 0.4) is 0 Å². The van der Waals surface area contributed by atoms with Crippen molar-refractivity contribution in [3.63, 3.8) is 0 Å². The number of nitrogens with two attached hydrogens (primary N) is 1. The van der Waals surface area contributed by atoms with Crippen LogP contribution in [0.15, 0.2) is 27.6 Å². The molecular formula is C13H16BrNOS. The average molecular weight is 314 g/mol. The van der Waals surface area contributed by atoms with Gasteiger partial charge in [0.15, 0.2) is 0 Å². The number of ether oxygens (including phenoxy) is 1. The summed E-state index contributed by atoms with van der Waals surface area (Å²) in [5.74, 6) is 0. The second-order valence-corrected chi connectivity index (χ2v) is 7.13. The van der Waals surface area contributed by atoms with Gasteiger partial charge in [0.1, 0.15) is 0 Å². The smallest absolute Gasteiger partial charge is 0.0611 e. The monoisotopic (exact) mass is 313 g/mol. The van der Waals surface area contributed by atoms with Crippen molar-refractivity contribution >= 4 is 27.7 Å². The molecule has 1 aromatic rings. The van der Waals surface area contributed by atoms with Gasteiger partial charge in [0, 0.05) is 14.9 Å². The van der Waals surface area contributed by atoms with E-state index in [0.717, 1.165) is 26.1 Å². The van der Waals surface area contributed by atoms with Crippen LogP contribution in [-0.2, 0) is 10.3 Å². The van der Waals surface area contributed by atoms with Crippen LogP contribution in [0.1, 0.15) is 24.8 Å². The molecule has 0 amide bonds. The van der Waals surface area contributed by atoms with Crippen LogP contribution >= 0.6 is 27.7 Å². The van der Waals surface area contributed by atoms with Gasteiger partial charge in [-0.1, -0.05) is 6.07 Å². The van der Waals surface area contributed by atoms with Gasteiger partial charge in [0.25, 0.3) is 0 Å². The number of benzene rings is 1. The molecule has 0 bridgehead atoms. The minimum absolute atomic E-state index is 0.0642. The second kappa shape index (κ2) is 4.57. The standard InChI is InChI=1S/C13H16BrNOS/c14-11-6-9(13(15)4-1-5-13)2-3-12(11)17-10-7-16-8-10/h2-3,6,10H,1,4-5,7-8,15H2. The number of halogens is 1. The van der Waals surface area contributed by atoms with Gasteiger partial charge >= 0.3 is 0 Å². The number of hydrogen-bond acceptors (Lipinski definition) is 3. The van der Waals surface area contributed by atoms with E-state index in [0.29, 0.717) is 5.25 Å². The van der Waals surface area contributed by atoms with Gasteiger partial charge in [-0.05, 0) is 52.9 Å². The number of hydrogen-bond donors (Lipinski definition) is 1. The topological polar surface area (TPSA) is 35.2 Å². The largest absolute Gasteiger partial charge is 0.379 e. The van der Waals surface area contributed by atoms with Gasteiger partial charge in [-0.2, -0.15) is 0 Å². The maximum absolute atomic E-state index is 6.33. The van der Waals surface area contributed by atoms with Gasteiger partial charge in [0.05, 0.1) is 18.5 Å². The third-order valence-electron chi connectivity index (χ3n) is 3.65. The van der Waals surface area contributed by atoms with Crippen LogP contribution in [-0.4, -0.2) is 18.5 Å². The molecule has 1 aliphatic heterocycles. The van der Waals surface area contributed by atoms with E-state index < -0.39 is 0 Å². The van der Waals surface area contributed by atoms with Crippen molar-refractivity contribution in [2.45, 2.75) is 34.9 Å². The Labute approximate surface area is 114 Å². The summed E-state index contributed by atoms with van der Waals surface area (Å²) in [6, 6.07) is 6.57. The molecular weight excluding hydrogens is 298 g/mol. The van der Waals surface area contributed by atoms with Crippen molar-refractivity contribution in [3.05, 3.63) is 28.2 Å². The quantitative estimate of drug-likeness (QED) is 0.930. The average Bonchev–Trinajstić information content (AvgIpc) is 2.21. The van der Waals surface area contributed by atoms with Crippen molar-refractivity contribution in [2.75, 3.05) is 13.2 Å². The fourth-order valence-corrected chi connectivity index (χ4v) is 3.88. The third-order valence-corrected chi connectivity index (χ3v) is 5.79. The molecule has 2 nitrogen and oxygen atoms in total. The maximum atomic E-state index is 6.33. The van der Waals surface area contributed by atoms with Gasteiger partial charge in [-0.3, -0.25) is 0 Å². The molecule has 0 spiro atoms. The van der Waals surface area contributed by atoms with Gasteiger partial charge in [-0.15, -0.1) is 11.8 Å². The van der Waals surface area contributed by atoms with E-state index in [9.17, 15) is 0 Å². The summed E-state index contributed by atoms with van der Waals surface area (Å²) >= 11 is 5.55. The van der Waals surface area contributed by atoms with Crippen molar-refractivity contribution in [3.8, 4) is 0 Å². The molecule has 4 heteroatoms. The molecule has 1 saturated carbocycles. The first kappa shape index (κ1) is 12.0. The van der Waals surface area contributed by atoms with E-state index in [1.807, 2.05) is 11.8 Å². The predicted octanol–water partition coefficient (Wildman–Crippen LogP) is 3.28. The fraction of sp³-hybridized carbons (Fsp3) is 0.538. The Morgan fingerprint density at radius 2 is 2.12 bits per heavy atom. The Kier molecular flexibility index (Phi) is 3.24. The molecule has 2 N–H and O–H groups in total. The van der Waals surface area contributed by atoms with E-state index in [1.165, 1.54) is 21.4 Å². The zero-order valence-electron chi connectivity index (χ0n) is 9.62. The lowest BCUT2D eigenvalue weighted by molar-refractivity contribution is 0.0455. The van der Waals surface area contributed by atoms with Crippen LogP contribution in [0.5, 0.6) is 0 Å². The van der Waals surface area contributed by atoms with E-state index >= 15 is 0 Å². The summed E-state index contributed by atoms with van der Waals surface area (Å²) in [6.07, 6.45) is 3.48. The molecule has 1 saturated heterocycles. The molecule has 1 aromatic carbocycles. The van der Waals surface area contributed by atoms with E-state index in [2.05, 4.69) is 34.1 Å². The summed E-state index contributed by atoms with van der Waals surface area (Å²) in [5.41, 5.74) is 7.54. The van der Waals surface area contributed by atoms with Gasteiger partial charge < -0.3 is 10.5 Å². The third kappa shape index (κ3) is 2.28. The predicted molar refractivity (Wildman–Crippen MR) is 74.3 cm³/mol. The lowest BCUT2D eigenvalue weighted by Crippen LogP contribution is -2.43. The van der Waals surface area contributed by atoms with E-state index in [-0.39, 0.29) is 5.54 Å². The Morgan fingerprint density at radius 1 is 1.35 bits per heavy atom. The Hall–Kier alpha value is -0.0300. The van der Waals surface area contributed by atoms with E-state index in [4.69, 9.17) is 10.5 Å². The lowest BCUT2D eigenvalue weighted by atomic mass is 9.73. The normalized spacial score (nSPS) is 22.9. The summed E-state index contributed by atoms with van der Waals surface area (Å²) in [7, 11) is 0. The Bertz CT molecular complexity index is 429. The zero-order valence-corrected chi connectivity index (χ0v) is 12.0. The molecule has 0 atom stereocenters. The second-order valence-electron chi connectivity index (χ2n) is 4.93. The van der Waals surface area contributed by atoms with Crippen LogP contribution in [0.25, 0.3) is 0 Å². The summed E-state index contributed by atoms with van der Waals surface area (Å²) in [4.78, 5) is 1.30. The van der Waals surface area contributed by atoms with Crippen molar-refractivity contribution in [2.24, 2.45) is 5.73 Å². The molecule has 92 valence electrons. The molecule has 0 radical (unpaired) electrons. The highest BCUT2D eigenvalue weighted by Gasteiger charge is 2.34. The van der Waals surface area contributed by atoms with Crippen LogP contribution in [0, 0.1) is 0 Å². The molecule has 1 heterocycles. The molecule has 2 aliphatic rings. The zero-order chi connectivity index (χ0) is 11.9. The summed E-state index contributed by atoms with van der Waals surface area (Å²) < 4.78 is 6.37. The molecule has 3 rings (SSSR count). The Morgan fingerprint density at radius 3 is 2.59 bits per heavy atom. The highest BCUT2D eigenvalue weighted by molar-refractivity contribution is 9.10. The first-order valence-electron chi connectivity index (χ1n) is 6.01. The minimum Gasteiger partial charge on any atom is -0.379 e. The summed E-state index contributed by atoms with van der Waals surface area (Å²) in [5, 5.41) is 0.618. The minimum atomic E-state index is -0.0642. The Balaban J connectivity index is 1.78. The molecule has 0 aromatic heterocycles. The molecule has 1 aliphatic carbocycles. The van der Waals surface area contributed by atoms with Crippen LogP contribution in [0.2, 0.25) is 0 Å². The SMILES string of the molecule is NC1(c2ccc(SC3COC3)c(Br)c2)CCC1. The van der Waals surface area contributed by atoms with Gasteiger partial charge in [-0.25, -0.2) is 0 Å². The van der Waals surface area contributed by atoms with Crippen LogP contribution < -0.4 is 5.73 Å². The van der Waals surface area contributed by atoms with E-state index in [1.54, 1.807) is 0 Å². The molecule has 0 unspecified atom stereocenters. The number of thioether (sulfide) groups is 1. The highest BCUT2D eigenvalue weighted by Crippen LogP contribution is 2.41. The summed E-state index contributed by atoms with van der Waals surface area (Å²) in [6.45, 7) is 1.75. The molecule has 17 heavy (non-hydrogen) atoms. The van der Waals surface area contributed by atoms with Crippen LogP contribution in [0.4, 0.5) is 0 Å². The van der Waals surface area contributed by atoms with Crippen molar-refractivity contribution in [1.82, 2.24) is 0 Å². The highest BCUT2D eigenvalue weighted by atomic mass is 79.9. The van der Waals surface area contributed by atoms with Crippen molar-refractivity contribution in [1.29, 1.82) is 0 Å². The fourth-order valence-electron chi connectivity index (χ4n) is 2.21. The maximum Gasteiger partial charge on any atom is 0.0611 e. The van der Waals surface area contributed by atoms with Gasteiger partial charge in [0.2, 0.25) is 0 Å². The number of rotatable bonds is 3. The first-order chi connectivity index (χ1) is 8.17. The lowest BCUT2D eigenvalue weighted by Gasteiger charge is -2.39. The van der Waals surface area contributed by atoms with Crippen molar-refractivity contribution < 1.29 is 4.74 Å². The molecule has 2 fully saturated rings. The first-order valence-corrected chi connectivity index (χ1v) is 7.68.